The minimum atomic E-state index is 0.510. The highest BCUT2D eigenvalue weighted by molar-refractivity contribution is 4.78. The Balaban J connectivity index is 1.52. The molecule has 1 N–H and O–H groups in total. The van der Waals surface area contributed by atoms with Crippen LogP contribution in [0.4, 0.5) is 0 Å². The van der Waals surface area contributed by atoms with Crippen LogP contribution in [0.3, 0.4) is 0 Å². The van der Waals surface area contributed by atoms with Crippen molar-refractivity contribution < 1.29 is 4.74 Å². The van der Waals surface area contributed by atoms with E-state index in [1.165, 1.54) is 70.8 Å². The summed E-state index contributed by atoms with van der Waals surface area (Å²) >= 11 is 0. The normalized spacial score (nSPS) is 30.9. The predicted molar refractivity (Wildman–Crippen MR) is 72.2 cm³/mol. The molecule has 2 atom stereocenters. The van der Waals surface area contributed by atoms with Gasteiger partial charge in [0.05, 0.1) is 6.10 Å². The first-order valence-electron chi connectivity index (χ1n) is 7.64. The van der Waals surface area contributed by atoms with Gasteiger partial charge in [-0.2, -0.15) is 0 Å². The molecule has 2 saturated carbocycles. The van der Waals surface area contributed by atoms with Gasteiger partial charge in [-0.05, 0) is 51.0 Å². The molecular formula is C15H29NO. The summed E-state index contributed by atoms with van der Waals surface area (Å²) in [6.07, 6.45) is 14.5. The van der Waals surface area contributed by atoms with E-state index >= 15 is 0 Å². The molecule has 0 radical (unpaired) electrons. The third-order valence-electron chi connectivity index (χ3n) is 4.66. The molecule has 0 heterocycles. The lowest BCUT2D eigenvalue weighted by Gasteiger charge is -2.29. The fourth-order valence-corrected chi connectivity index (χ4v) is 3.54. The van der Waals surface area contributed by atoms with Gasteiger partial charge in [-0.15, -0.1) is 0 Å². The zero-order chi connectivity index (χ0) is 11.9. The van der Waals surface area contributed by atoms with Crippen molar-refractivity contribution >= 4 is 0 Å². The van der Waals surface area contributed by atoms with Crippen molar-refractivity contribution in [3.8, 4) is 0 Å². The molecule has 0 saturated heterocycles. The van der Waals surface area contributed by atoms with Crippen molar-refractivity contribution in [1.29, 1.82) is 0 Å². The molecular weight excluding hydrogens is 210 g/mol. The molecule has 2 nitrogen and oxygen atoms in total. The average Bonchev–Trinajstić information content (AvgIpc) is 2.88. The van der Waals surface area contributed by atoms with Gasteiger partial charge in [0, 0.05) is 13.2 Å². The van der Waals surface area contributed by atoms with E-state index in [9.17, 15) is 0 Å². The van der Waals surface area contributed by atoms with E-state index < -0.39 is 0 Å². The first-order chi connectivity index (χ1) is 8.38. The summed E-state index contributed by atoms with van der Waals surface area (Å²) in [5.41, 5.74) is 0. The Labute approximate surface area is 107 Å². The molecule has 0 amide bonds. The van der Waals surface area contributed by atoms with Crippen molar-refractivity contribution in [3.63, 3.8) is 0 Å². The van der Waals surface area contributed by atoms with Crippen molar-refractivity contribution in [2.24, 2.45) is 5.92 Å². The quantitative estimate of drug-likeness (QED) is 0.716. The Morgan fingerprint density at radius 2 is 1.88 bits per heavy atom. The summed E-state index contributed by atoms with van der Waals surface area (Å²) in [7, 11) is 1.85. The van der Waals surface area contributed by atoms with Crippen LogP contribution in [0.2, 0.25) is 0 Å². The van der Waals surface area contributed by atoms with E-state index in [2.05, 4.69) is 5.32 Å². The molecule has 0 aromatic heterocycles. The van der Waals surface area contributed by atoms with E-state index in [4.69, 9.17) is 4.74 Å². The maximum absolute atomic E-state index is 5.47. The molecule has 0 aromatic rings. The molecule has 2 heteroatoms. The van der Waals surface area contributed by atoms with Gasteiger partial charge in [-0.25, -0.2) is 0 Å². The molecule has 0 spiro atoms. The number of methoxy groups -OCH3 is 1. The van der Waals surface area contributed by atoms with E-state index in [0.717, 1.165) is 12.0 Å². The molecule has 0 bridgehead atoms. The van der Waals surface area contributed by atoms with Crippen molar-refractivity contribution in [3.05, 3.63) is 0 Å². The van der Waals surface area contributed by atoms with E-state index in [0.29, 0.717) is 6.10 Å². The van der Waals surface area contributed by atoms with Crippen LogP contribution in [-0.4, -0.2) is 25.8 Å². The third-order valence-corrected chi connectivity index (χ3v) is 4.66. The largest absolute Gasteiger partial charge is 0.381 e. The smallest absolute Gasteiger partial charge is 0.0586 e. The Morgan fingerprint density at radius 3 is 2.65 bits per heavy atom. The van der Waals surface area contributed by atoms with Crippen LogP contribution in [0.15, 0.2) is 0 Å². The second-order valence-corrected chi connectivity index (χ2v) is 5.97. The van der Waals surface area contributed by atoms with E-state index in [1.54, 1.807) is 0 Å². The van der Waals surface area contributed by atoms with Crippen LogP contribution in [0.25, 0.3) is 0 Å². The molecule has 2 aliphatic carbocycles. The van der Waals surface area contributed by atoms with Gasteiger partial charge in [-0.1, -0.05) is 25.7 Å². The Hall–Kier alpha value is -0.0800. The van der Waals surface area contributed by atoms with E-state index in [1.807, 2.05) is 7.11 Å². The minimum absolute atomic E-state index is 0.510. The van der Waals surface area contributed by atoms with Gasteiger partial charge in [-0.3, -0.25) is 0 Å². The molecule has 2 aliphatic rings. The predicted octanol–water partition coefficient (Wildman–Crippen LogP) is 3.50. The van der Waals surface area contributed by atoms with Crippen molar-refractivity contribution in [2.45, 2.75) is 76.4 Å². The molecule has 100 valence electrons. The van der Waals surface area contributed by atoms with Crippen LogP contribution in [-0.2, 0) is 4.74 Å². The monoisotopic (exact) mass is 239 g/mol. The maximum atomic E-state index is 5.47. The number of ether oxygens (including phenoxy) is 1. The lowest BCUT2D eigenvalue weighted by atomic mass is 9.92. The number of hydrogen-bond donors (Lipinski definition) is 1. The zero-order valence-electron chi connectivity index (χ0n) is 11.4. The van der Waals surface area contributed by atoms with Crippen molar-refractivity contribution in [1.82, 2.24) is 5.32 Å². The highest BCUT2D eigenvalue weighted by Gasteiger charge is 2.21. The molecule has 17 heavy (non-hydrogen) atoms. The summed E-state index contributed by atoms with van der Waals surface area (Å²) in [6.45, 7) is 1.22. The summed E-state index contributed by atoms with van der Waals surface area (Å²) in [6, 6.07) is 0.720. The van der Waals surface area contributed by atoms with Crippen LogP contribution in [0.1, 0.15) is 64.2 Å². The number of rotatable bonds is 6. The summed E-state index contributed by atoms with van der Waals surface area (Å²) in [5.74, 6) is 1.05. The van der Waals surface area contributed by atoms with Crippen LogP contribution >= 0.6 is 0 Å². The first-order valence-corrected chi connectivity index (χ1v) is 7.64. The standard InChI is InChI=1S/C15H29NO/c1-17-15-10-4-9-14(12-15)16-11-5-8-13-6-2-3-7-13/h13-16H,2-12H2,1H3. The second-order valence-electron chi connectivity index (χ2n) is 5.97. The summed E-state index contributed by atoms with van der Waals surface area (Å²) < 4.78 is 5.47. The summed E-state index contributed by atoms with van der Waals surface area (Å²) in [5, 5.41) is 3.73. The van der Waals surface area contributed by atoms with Gasteiger partial charge < -0.3 is 10.1 Å². The van der Waals surface area contributed by atoms with Gasteiger partial charge >= 0.3 is 0 Å². The molecule has 2 rings (SSSR count). The number of nitrogens with one attached hydrogen (secondary N) is 1. The Bertz CT molecular complexity index is 201. The maximum Gasteiger partial charge on any atom is 0.0586 e. The van der Waals surface area contributed by atoms with Crippen molar-refractivity contribution in [2.75, 3.05) is 13.7 Å². The zero-order valence-corrected chi connectivity index (χ0v) is 11.4. The highest BCUT2D eigenvalue weighted by Crippen LogP contribution is 2.28. The Kier molecular flexibility index (Phi) is 5.79. The molecule has 0 aliphatic heterocycles. The SMILES string of the molecule is COC1CCCC(NCCCC2CCCC2)C1. The second kappa shape index (κ2) is 7.38. The van der Waals surface area contributed by atoms with Crippen LogP contribution in [0, 0.1) is 5.92 Å². The first kappa shape index (κ1) is 13.4. The van der Waals surface area contributed by atoms with Gasteiger partial charge in [0.15, 0.2) is 0 Å². The fraction of sp³-hybridized carbons (Fsp3) is 1.00. The van der Waals surface area contributed by atoms with Gasteiger partial charge in [0.2, 0.25) is 0 Å². The topological polar surface area (TPSA) is 21.3 Å². The average molecular weight is 239 g/mol. The van der Waals surface area contributed by atoms with Gasteiger partial charge in [0.25, 0.3) is 0 Å². The number of hydrogen-bond acceptors (Lipinski definition) is 2. The highest BCUT2D eigenvalue weighted by atomic mass is 16.5. The minimum Gasteiger partial charge on any atom is -0.381 e. The van der Waals surface area contributed by atoms with Gasteiger partial charge in [0.1, 0.15) is 0 Å². The lowest BCUT2D eigenvalue weighted by Crippen LogP contribution is -2.37. The molecule has 2 fully saturated rings. The Morgan fingerprint density at radius 1 is 1.06 bits per heavy atom. The fourth-order valence-electron chi connectivity index (χ4n) is 3.54. The molecule has 2 unspecified atom stereocenters. The van der Waals surface area contributed by atoms with Crippen LogP contribution < -0.4 is 5.32 Å². The van der Waals surface area contributed by atoms with Crippen LogP contribution in [0.5, 0.6) is 0 Å². The third kappa shape index (κ3) is 4.59. The summed E-state index contributed by atoms with van der Waals surface area (Å²) in [4.78, 5) is 0. The van der Waals surface area contributed by atoms with E-state index in [-0.39, 0.29) is 0 Å². The lowest BCUT2D eigenvalue weighted by molar-refractivity contribution is 0.0588. The molecule has 0 aromatic carbocycles.